The summed E-state index contributed by atoms with van der Waals surface area (Å²) in [7, 11) is 0. The number of aliphatic hydroxyl groups excluding tert-OH is 1. The van der Waals surface area contributed by atoms with E-state index in [2.05, 4.69) is 10.4 Å². The first-order valence-electron chi connectivity index (χ1n) is 6.22. The molecule has 1 aromatic heterocycles. The highest BCUT2D eigenvalue weighted by Gasteiger charge is 2.25. The molecular formula is C12H19N3O2. The Hall–Kier alpha value is -1.36. The van der Waals surface area contributed by atoms with Crippen molar-refractivity contribution in [2.75, 3.05) is 0 Å². The Morgan fingerprint density at radius 2 is 2.35 bits per heavy atom. The van der Waals surface area contributed by atoms with E-state index in [4.69, 9.17) is 0 Å². The Morgan fingerprint density at radius 1 is 1.59 bits per heavy atom. The number of aliphatic hydroxyl groups is 1. The van der Waals surface area contributed by atoms with Gasteiger partial charge in [-0.1, -0.05) is 12.8 Å². The maximum Gasteiger partial charge on any atom is 0.254 e. The molecule has 0 spiro atoms. The minimum absolute atomic E-state index is 0.110. The van der Waals surface area contributed by atoms with Crippen molar-refractivity contribution < 1.29 is 9.90 Å². The second kappa shape index (κ2) is 5.31. The van der Waals surface area contributed by atoms with Crippen molar-refractivity contribution in [1.29, 1.82) is 0 Å². The fourth-order valence-electron chi connectivity index (χ4n) is 2.19. The number of nitrogens with zero attached hydrogens (tertiary/aromatic N) is 2. The summed E-state index contributed by atoms with van der Waals surface area (Å²) in [6, 6.07) is -0.110. The van der Waals surface area contributed by atoms with Gasteiger partial charge in [0, 0.05) is 12.7 Å². The summed E-state index contributed by atoms with van der Waals surface area (Å²) in [6.45, 7) is 2.72. The van der Waals surface area contributed by atoms with E-state index < -0.39 is 6.10 Å². The number of carbonyl (C=O) groups is 1. The molecule has 2 N–H and O–H groups in total. The Labute approximate surface area is 101 Å². The van der Waals surface area contributed by atoms with Gasteiger partial charge in [0.15, 0.2) is 0 Å². The number of aromatic nitrogens is 2. The van der Waals surface area contributed by atoms with E-state index >= 15 is 0 Å². The van der Waals surface area contributed by atoms with Crippen LogP contribution in [0.25, 0.3) is 0 Å². The molecule has 5 nitrogen and oxygen atoms in total. The molecule has 0 bridgehead atoms. The smallest absolute Gasteiger partial charge is 0.254 e. The number of hydrogen-bond donors (Lipinski definition) is 2. The summed E-state index contributed by atoms with van der Waals surface area (Å²) in [4.78, 5) is 11.9. The van der Waals surface area contributed by atoms with E-state index in [9.17, 15) is 9.90 Å². The molecule has 1 fully saturated rings. The lowest BCUT2D eigenvalue weighted by atomic mass is 9.92. The minimum Gasteiger partial charge on any atom is -0.391 e. The zero-order valence-electron chi connectivity index (χ0n) is 10.1. The highest BCUT2D eigenvalue weighted by atomic mass is 16.3. The first-order valence-corrected chi connectivity index (χ1v) is 6.22. The molecule has 17 heavy (non-hydrogen) atoms. The molecule has 2 unspecified atom stereocenters. The van der Waals surface area contributed by atoms with Crippen LogP contribution < -0.4 is 5.32 Å². The quantitative estimate of drug-likeness (QED) is 0.822. The minimum atomic E-state index is -0.408. The maximum atomic E-state index is 11.9. The summed E-state index contributed by atoms with van der Waals surface area (Å²) in [6.07, 6.45) is 6.62. The second-order valence-electron chi connectivity index (χ2n) is 4.52. The summed E-state index contributed by atoms with van der Waals surface area (Å²) < 4.78 is 1.71. The second-order valence-corrected chi connectivity index (χ2v) is 4.52. The number of amides is 1. The summed E-state index contributed by atoms with van der Waals surface area (Å²) in [5.74, 6) is -0.143. The van der Waals surface area contributed by atoms with Crippen LogP contribution in [-0.4, -0.2) is 32.9 Å². The van der Waals surface area contributed by atoms with Gasteiger partial charge in [0.05, 0.1) is 23.9 Å². The largest absolute Gasteiger partial charge is 0.391 e. The fourth-order valence-corrected chi connectivity index (χ4v) is 2.19. The van der Waals surface area contributed by atoms with Crippen molar-refractivity contribution in [3.05, 3.63) is 18.0 Å². The molecule has 2 atom stereocenters. The molecule has 94 valence electrons. The molecule has 1 aliphatic carbocycles. The molecule has 1 heterocycles. The monoisotopic (exact) mass is 237 g/mol. The molecule has 2 rings (SSSR count). The lowest BCUT2D eigenvalue weighted by molar-refractivity contribution is 0.0717. The molecular weight excluding hydrogens is 218 g/mol. The molecule has 1 aliphatic rings. The van der Waals surface area contributed by atoms with Crippen LogP contribution in [0.4, 0.5) is 0 Å². The van der Waals surface area contributed by atoms with Gasteiger partial charge in [-0.3, -0.25) is 9.48 Å². The van der Waals surface area contributed by atoms with Gasteiger partial charge in [-0.15, -0.1) is 0 Å². The molecule has 1 amide bonds. The van der Waals surface area contributed by atoms with E-state index in [0.29, 0.717) is 5.56 Å². The van der Waals surface area contributed by atoms with E-state index in [0.717, 1.165) is 32.2 Å². The van der Waals surface area contributed by atoms with Crippen molar-refractivity contribution in [2.24, 2.45) is 0 Å². The van der Waals surface area contributed by atoms with Crippen LogP contribution in [0.3, 0.4) is 0 Å². The zero-order valence-corrected chi connectivity index (χ0v) is 10.1. The lowest BCUT2D eigenvalue weighted by Gasteiger charge is -2.28. The van der Waals surface area contributed by atoms with Gasteiger partial charge in [-0.2, -0.15) is 5.10 Å². The van der Waals surface area contributed by atoms with Crippen molar-refractivity contribution in [3.63, 3.8) is 0 Å². The van der Waals surface area contributed by atoms with Gasteiger partial charge in [-0.05, 0) is 19.8 Å². The van der Waals surface area contributed by atoms with Crippen LogP contribution in [0, 0.1) is 0 Å². The fraction of sp³-hybridized carbons (Fsp3) is 0.667. The Morgan fingerprint density at radius 3 is 3.00 bits per heavy atom. The number of carbonyl (C=O) groups excluding carboxylic acids is 1. The zero-order chi connectivity index (χ0) is 12.3. The van der Waals surface area contributed by atoms with E-state index in [1.54, 1.807) is 17.1 Å². The van der Waals surface area contributed by atoms with Crippen molar-refractivity contribution >= 4 is 5.91 Å². The Balaban J connectivity index is 1.96. The van der Waals surface area contributed by atoms with Crippen LogP contribution in [0.5, 0.6) is 0 Å². The van der Waals surface area contributed by atoms with Gasteiger partial charge in [0.1, 0.15) is 0 Å². The van der Waals surface area contributed by atoms with E-state index in [1.807, 2.05) is 6.92 Å². The summed E-state index contributed by atoms with van der Waals surface area (Å²) >= 11 is 0. The molecule has 0 aromatic carbocycles. The van der Waals surface area contributed by atoms with Gasteiger partial charge in [0.2, 0.25) is 0 Å². The SMILES string of the molecule is CCn1cc(C(=O)NC2CCCCC2O)cn1. The van der Waals surface area contributed by atoms with Gasteiger partial charge in [0.25, 0.3) is 5.91 Å². The third-order valence-electron chi connectivity index (χ3n) is 3.27. The van der Waals surface area contributed by atoms with Crippen molar-refractivity contribution in [1.82, 2.24) is 15.1 Å². The predicted octanol–water partition coefficient (Wildman–Crippen LogP) is 0.936. The van der Waals surface area contributed by atoms with Gasteiger partial charge >= 0.3 is 0 Å². The highest BCUT2D eigenvalue weighted by Crippen LogP contribution is 2.18. The topological polar surface area (TPSA) is 67.2 Å². The normalized spacial score (nSPS) is 24.6. The van der Waals surface area contributed by atoms with Crippen LogP contribution in [0.15, 0.2) is 12.4 Å². The average molecular weight is 237 g/mol. The molecule has 0 aliphatic heterocycles. The van der Waals surface area contributed by atoms with E-state index in [-0.39, 0.29) is 11.9 Å². The van der Waals surface area contributed by atoms with Crippen LogP contribution in [0.1, 0.15) is 43.0 Å². The van der Waals surface area contributed by atoms with Gasteiger partial charge < -0.3 is 10.4 Å². The number of rotatable bonds is 3. The third kappa shape index (κ3) is 2.85. The van der Waals surface area contributed by atoms with E-state index in [1.165, 1.54) is 0 Å². The maximum absolute atomic E-state index is 11.9. The number of aryl methyl sites for hydroxylation is 1. The van der Waals surface area contributed by atoms with Crippen molar-refractivity contribution in [2.45, 2.75) is 51.3 Å². The van der Waals surface area contributed by atoms with Crippen LogP contribution in [-0.2, 0) is 6.54 Å². The molecule has 1 aromatic rings. The summed E-state index contributed by atoms with van der Waals surface area (Å²) in [5.41, 5.74) is 0.560. The Bertz CT molecular complexity index is 389. The molecule has 5 heteroatoms. The molecule has 0 radical (unpaired) electrons. The lowest BCUT2D eigenvalue weighted by Crippen LogP contribution is -2.45. The average Bonchev–Trinajstić information content (AvgIpc) is 2.81. The number of hydrogen-bond acceptors (Lipinski definition) is 3. The molecule has 0 saturated heterocycles. The van der Waals surface area contributed by atoms with Crippen molar-refractivity contribution in [3.8, 4) is 0 Å². The first-order chi connectivity index (χ1) is 8.20. The van der Waals surface area contributed by atoms with Gasteiger partial charge in [-0.25, -0.2) is 0 Å². The first kappa shape index (κ1) is 12.1. The third-order valence-corrected chi connectivity index (χ3v) is 3.27. The predicted molar refractivity (Wildman–Crippen MR) is 63.6 cm³/mol. The number of nitrogens with one attached hydrogen (secondary N) is 1. The molecule has 1 saturated carbocycles. The Kier molecular flexibility index (Phi) is 3.78. The standard InChI is InChI=1S/C12H19N3O2/c1-2-15-8-9(7-13-15)12(17)14-10-5-3-4-6-11(10)16/h7-8,10-11,16H,2-6H2,1H3,(H,14,17). The van der Waals surface area contributed by atoms with Crippen LogP contribution >= 0.6 is 0 Å². The summed E-state index contributed by atoms with van der Waals surface area (Å²) in [5, 5.41) is 16.7. The van der Waals surface area contributed by atoms with Crippen LogP contribution in [0.2, 0.25) is 0 Å². The highest BCUT2D eigenvalue weighted by molar-refractivity contribution is 5.93.